The van der Waals surface area contributed by atoms with Crippen LogP contribution in [0.5, 0.6) is 0 Å². The van der Waals surface area contributed by atoms with E-state index in [-0.39, 0.29) is 11.2 Å². The lowest BCUT2D eigenvalue weighted by Crippen LogP contribution is -2.20. The van der Waals surface area contributed by atoms with Crippen LogP contribution in [-0.4, -0.2) is 16.2 Å². The van der Waals surface area contributed by atoms with E-state index in [1.807, 2.05) is 60.7 Å². The van der Waals surface area contributed by atoms with E-state index in [0.29, 0.717) is 6.42 Å². The van der Waals surface area contributed by atoms with Crippen LogP contribution in [-0.2, 0) is 0 Å². The van der Waals surface area contributed by atoms with Gasteiger partial charge < -0.3 is 0 Å². The summed E-state index contributed by atoms with van der Waals surface area (Å²) in [6.07, 6.45) is 0.439. The number of carbonyl (C=O) groups is 1. The maximum absolute atomic E-state index is 12.1. The zero-order valence-corrected chi connectivity index (χ0v) is 11.6. The van der Waals surface area contributed by atoms with Crippen molar-refractivity contribution in [2.45, 2.75) is 11.8 Å². The number of ketones is 1. The highest BCUT2D eigenvalue weighted by molar-refractivity contribution is 8.15. The van der Waals surface area contributed by atoms with Crippen molar-refractivity contribution in [1.29, 1.82) is 0 Å². The molecule has 0 bridgehead atoms. The summed E-state index contributed by atoms with van der Waals surface area (Å²) in [5.74, 6) is 0.139. The standard InChI is InChI=1S/C16H14N2OS/c19-14(12-7-3-1-4-8-12)11-15-17-18-16(20-15)13-9-5-2-6-10-13/h1-10,15,17H,11H2. The van der Waals surface area contributed by atoms with Crippen LogP contribution in [0.25, 0.3) is 0 Å². The Kier molecular flexibility index (Phi) is 3.83. The van der Waals surface area contributed by atoms with Gasteiger partial charge in [0.15, 0.2) is 5.78 Å². The molecule has 0 aliphatic carbocycles. The summed E-state index contributed by atoms with van der Waals surface area (Å²) in [6, 6.07) is 19.4. The fraction of sp³-hybridized carbons (Fsp3) is 0.125. The van der Waals surface area contributed by atoms with Crippen LogP contribution >= 0.6 is 11.8 Å². The third kappa shape index (κ3) is 2.91. The number of Topliss-reactive ketones (excluding diaryl/α,β-unsaturated/α-hetero) is 1. The number of carbonyl (C=O) groups excluding carboxylic acids is 1. The van der Waals surface area contributed by atoms with Gasteiger partial charge in [-0.2, -0.15) is 5.10 Å². The Bertz CT molecular complexity index is 625. The van der Waals surface area contributed by atoms with E-state index in [9.17, 15) is 4.79 Å². The number of thioether (sulfide) groups is 1. The van der Waals surface area contributed by atoms with E-state index in [4.69, 9.17) is 0 Å². The number of benzene rings is 2. The molecule has 0 spiro atoms. The molecule has 4 heteroatoms. The fourth-order valence-electron chi connectivity index (χ4n) is 2.03. The summed E-state index contributed by atoms with van der Waals surface area (Å²) < 4.78 is 0. The number of hydrazone groups is 1. The summed E-state index contributed by atoms with van der Waals surface area (Å²) >= 11 is 1.60. The van der Waals surface area contributed by atoms with Gasteiger partial charge in [-0.3, -0.25) is 10.2 Å². The molecule has 3 nitrogen and oxygen atoms in total. The summed E-state index contributed by atoms with van der Waals surface area (Å²) in [5.41, 5.74) is 4.87. The van der Waals surface area contributed by atoms with E-state index in [2.05, 4.69) is 10.5 Å². The van der Waals surface area contributed by atoms with Gasteiger partial charge in [0.1, 0.15) is 10.4 Å². The summed E-state index contributed by atoms with van der Waals surface area (Å²) in [7, 11) is 0. The van der Waals surface area contributed by atoms with Gasteiger partial charge in [-0.1, -0.05) is 72.4 Å². The maximum Gasteiger partial charge on any atom is 0.165 e. The normalized spacial score (nSPS) is 17.4. The quantitative estimate of drug-likeness (QED) is 0.875. The van der Waals surface area contributed by atoms with Gasteiger partial charge in [0.2, 0.25) is 0 Å². The van der Waals surface area contributed by atoms with Crippen LogP contribution < -0.4 is 5.43 Å². The summed E-state index contributed by atoms with van der Waals surface area (Å²) in [5, 5.41) is 5.26. The molecule has 1 N–H and O–H groups in total. The van der Waals surface area contributed by atoms with Crippen LogP contribution in [0.3, 0.4) is 0 Å². The van der Waals surface area contributed by atoms with Crippen molar-refractivity contribution in [3.05, 3.63) is 71.8 Å². The maximum atomic E-state index is 12.1. The van der Waals surface area contributed by atoms with Gasteiger partial charge >= 0.3 is 0 Å². The zero-order chi connectivity index (χ0) is 13.8. The molecule has 3 rings (SSSR count). The monoisotopic (exact) mass is 282 g/mol. The molecule has 2 aromatic carbocycles. The summed E-state index contributed by atoms with van der Waals surface area (Å²) in [6.45, 7) is 0. The van der Waals surface area contributed by atoms with E-state index < -0.39 is 0 Å². The highest BCUT2D eigenvalue weighted by Crippen LogP contribution is 2.25. The molecule has 1 unspecified atom stereocenters. The van der Waals surface area contributed by atoms with Crippen LogP contribution in [0.4, 0.5) is 0 Å². The van der Waals surface area contributed by atoms with Gasteiger partial charge in [-0.25, -0.2) is 0 Å². The number of rotatable bonds is 4. The van der Waals surface area contributed by atoms with Crippen molar-refractivity contribution in [3.8, 4) is 0 Å². The first-order valence-corrected chi connectivity index (χ1v) is 7.34. The van der Waals surface area contributed by atoms with E-state index in [0.717, 1.165) is 16.2 Å². The smallest absolute Gasteiger partial charge is 0.165 e. The van der Waals surface area contributed by atoms with Gasteiger partial charge in [0, 0.05) is 17.5 Å². The Balaban J connectivity index is 1.61. The zero-order valence-electron chi connectivity index (χ0n) is 10.8. The molecule has 0 aromatic heterocycles. The van der Waals surface area contributed by atoms with E-state index in [1.165, 1.54) is 0 Å². The number of nitrogens with one attached hydrogen (secondary N) is 1. The highest BCUT2D eigenvalue weighted by Gasteiger charge is 2.23. The van der Waals surface area contributed by atoms with Crippen molar-refractivity contribution in [2.75, 3.05) is 0 Å². The molecule has 100 valence electrons. The predicted octanol–water partition coefficient (Wildman–Crippen LogP) is 3.28. The molecule has 1 atom stereocenters. The van der Waals surface area contributed by atoms with Crippen molar-refractivity contribution >= 4 is 22.6 Å². The summed E-state index contributed by atoms with van der Waals surface area (Å²) in [4.78, 5) is 12.1. The van der Waals surface area contributed by atoms with E-state index in [1.54, 1.807) is 11.8 Å². The van der Waals surface area contributed by atoms with Crippen molar-refractivity contribution < 1.29 is 4.79 Å². The Morgan fingerprint density at radius 1 is 1.05 bits per heavy atom. The minimum absolute atomic E-state index is 0.0120. The van der Waals surface area contributed by atoms with Crippen LogP contribution in [0, 0.1) is 0 Å². The third-order valence-electron chi connectivity index (χ3n) is 3.05. The SMILES string of the molecule is O=C(CC1NN=C(c2ccccc2)S1)c1ccccc1. The second-order valence-electron chi connectivity index (χ2n) is 4.51. The molecule has 0 saturated carbocycles. The molecule has 20 heavy (non-hydrogen) atoms. The van der Waals surface area contributed by atoms with Gasteiger partial charge in [0.05, 0.1) is 0 Å². The largest absolute Gasteiger partial charge is 0.295 e. The number of hydrogen-bond acceptors (Lipinski definition) is 4. The van der Waals surface area contributed by atoms with E-state index >= 15 is 0 Å². The topological polar surface area (TPSA) is 41.5 Å². The van der Waals surface area contributed by atoms with Crippen molar-refractivity contribution in [2.24, 2.45) is 5.10 Å². The highest BCUT2D eigenvalue weighted by atomic mass is 32.2. The molecule has 1 aliphatic rings. The fourth-order valence-corrected chi connectivity index (χ4v) is 3.02. The average Bonchev–Trinajstić information content (AvgIpc) is 2.97. The Morgan fingerprint density at radius 2 is 1.70 bits per heavy atom. The van der Waals surface area contributed by atoms with Crippen molar-refractivity contribution in [1.82, 2.24) is 5.43 Å². The van der Waals surface area contributed by atoms with Crippen LogP contribution in [0.2, 0.25) is 0 Å². The molecule has 0 radical (unpaired) electrons. The lowest BCUT2D eigenvalue weighted by atomic mass is 10.1. The van der Waals surface area contributed by atoms with Crippen molar-refractivity contribution in [3.63, 3.8) is 0 Å². The van der Waals surface area contributed by atoms with Crippen LogP contribution in [0.15, 0.2) is 65.8 Å². The molecule has 2 aromatic rings. The lowest BCUT2D eigenvalue weighted by Gasteiger charge is -2.08. The first-order valence-electron chi connectivity index (χ1n) is 6.46. The molecular formula is C16H14N2OS. The number of nitrogens with zero attached hydrogens (tertiary/aromatic N) is 1. The molecule has 1 aliphatic heterocycles. The first kappa shape index (κ1) is 12.9. The minimum atomic E-state index is 0.0120. The third-order valence-corrected chi connectivity index (χ3v) is 4.16. The first-order chi connectivity index (χ1) is 9.83. The molecule has 0 fully saturated rings. The second-order valence-corrected chi connectivity index (χ2v) is 5.70. The Hall–Kier alpha value is -2.07. The predicted molar refractivity (Wildman–Crippen MR) is 82.9 cm³/mol. The van der Waals surface area contributed by atoms with Gasteiger partial charge in [0.25, 0.3) is 0 Å². The van der Waals surface area contributed by atoms with Crippen LogP contribution in [0.1, 0.15) is 22.3 Å². The van der Waals surface area contributed by atoms with Gasteiger partial charge in [-0.05, 0) is 0 Å². The molecule has 0 amide bonds. The Labute approximate surface area is 122 Å². The average molecular weight is 282 g/mol. The van der Waals surface area contributed by atoms with Gasteiger partial charge in [-0.15, -0.1) is 0 Å². The Morgan fingerprint density at radius 3 is 2.40 bits per heavy atom. The minimum Gasteiger partial charge on any atom is -0.295 e. The molecule has 0 saturated heterocycles. The molecular weight excluding hydrogens is 268 g/mol. The second kappa shape index (κ2) is 5.92. The number of hydrogen-bond donors (Lipinski definition) is 1. The molecule has 1 heterocycles. The lowest BCUT2D eigenvalue weighted by molar-refractivity contribution is 0.0979.